The largest absolute Gasteiger partial charge is 0.352 e. The Morgan fingerprint density at radius 1 is 0.955 bits per heavy atom. The highest BCUT2D eigenvalue weighted by Crippen LogP contribution is 2.27. The maximum absolute atomic E-state index is 14.2. The third kappa shape index (κ3) is 8.93. The number of nitrogens with zero attached hydrogens (tertiary/aromatic N) is 3. The second-order valence-electron chi connectivity index (χ2n) is 10.9. The molecule has 4 rings (SSSR count). The van der Waals surface area contributed by atoms with E-state index in [1.54, 1.807) is 18.2 Å². The predicted octanol–water partition coefficient (Wildman–Crippen LogP) is 5.76. The SMILES string of the molecule is CS(=O)(=O)N(CC(=O)N(Cc1ccc(Cl)c(Cl)c1)C(Cc1ccccc1)C(=O)NC1CCCCC1)c1cccc([N+](=O)[O-])c1. The van der Waals surface area contributed by atoms with Gasteiger partial charge in [-0.05, 0) is 42.2 Å². The van der Waals surface area contributed by atoms with Gasteiger partial charge in [0.15, 0.2) is 0 Å². The minimum atomic E-state index is -4.08. The highest BCUT2D eigenvalue weighted by molar-refractivity contribution is 7.92. The van der Waals surface area contributed by atoms with Crippen LogP contribution in [0.5, 0.6) is 0 Å². The first-order valence-electron chi connectivity index (χ1n) is 14.2. The zero-order valence-corrected chi connectivity index (χ0v) is 26.5. The summed E-state index contributed by atoms with van der Waals surface area (Å²) in [4.78, 5) is 40.3. The van der Waals surface area contributed by atoms with Crippen LogP contribution in [-0.2, 0) is 32.6 Å². The Hall–Kier alpha value is -3.67. The van der Waals surface area contributed by atoms with E-state index in [0.29, 0.717) is 10.6 Å². The number of nitrogens with one attached hydrogen (secondary N) is 1. The van der Waals surface area contributed by atoms with E-state index in [9.17, 15) is 28.1 Å². The number of halogens is 2. The molecule has 0 aromatic heterocycles. The fourth-order valence-electron chi connectivity index (χ4n) is 5.31. The molecule has 0 spiro atoms. The van der Waals surface area contributed by atoms with Crippen molar-refractivity contribution in [2.75, 3.05) is 17.1 Å². The van der Waals surface area contributed by atoms with Crippen molar-refractivity contribution in [3.05, 3.63) is 104 Å². The molecule has 1 unspecified atom stereocenters. The van der Waals surface area contributed by atoms with Crippen molar-refractivity contribution in [1.29, 1.82) is 0 Å². The normalized spacial score (nSPS) is 14.4. The third-order valence-electron chi connectivity index (χ3n) is 7.57. The lowest BCUT2D eigenvalue weighted by molar-refractivity contribution is -0.384. The second-order valence-corrected chi connectivity index (χ2v) is 13.6. The Balaban J connectivity index is 1.75. The molecule has 0 aliphatic heterocycles. The number of non-ortho nitro benzene ring substituents is 1. The van der Waals surface area contributed by atoms with Crippen molar-refractivity contribution < 1.29 is 22.9 Å². The fourth-order valence-corrected chi connectivity index (χ4v) is 6.47. The van der Waals surface area contributed by atoms with E-state index in [1.165, 1.54) is 23.1 Å². The Bertz CT molecular complexity index is 1600. The molecule has 3 aromatic rings. The smallest absolute Gasteiger partial charge is 0.271 e. The van der Waals surface area contributed by atoms with E-state index in [2.05, 4.69) is 5.32 Å². The lowest BCUT2D eigenvalue weighted by atomic mass is 9.94. The Morgan fingerprint density at radius 2 is 1.66 bits per heavy atom. The number of anilines is 1. The summed E-state index contributed by atoms with van der Waals surface area (Å²) in [6.07, 6.45) is 5.83. The minimum absolute atomic E-state index is 0.0335. The molecule has 0 saturated heterocycles. The van der Waals surface area contributed by atoms with Crippen LogP contribution in [0.25, 0.3) is 0 Å². The van der Waals surface area contributed by atoms with Crippen molar-refractivity contribution >= 4 is 56.4 Å². The number of benzene rings is 3. The Morgan fingerprint density at radius 3 is 2.30 bits per heavy atom. The molecule has 1 aliphatic carbocycles. The summed E-state index contributed by atoms with van der Waals surface area (Å²) >= 11 is 12.4. The van der Waals surface area contributed by atoms with Crippen LogP contribution in [-0.4, -0.2) is 54.9 Å². The van der Waals surface area contributed by atoms with Crippen LogP contribution in [0.4, 0.5) is 11.4 Å². The molecule has 0 radical (unpaired) electrons. The summed E-state index contributed by atoms with van der Waals surface area (Å²) in [5, 5.41) is 15.1. The van der Waals surface area contributed by atoms with E-state index >= 15 is 0 Å². The molecule has 2 amide bonds. The standard InChI is InChI=1S/C31H34Cl2N4O6S/c1-44(42,43)36(25-13-8-14-26(19-25)37(40)41)21-30(38)35(20-23-15-16-27(32)28(33)17-23)29(18-22-9-4-2-5-10-22)31(39)34-24-11-6-3-7-12-24/h2,4-5,8-10,13-17,19,24,29H,3,6-7,11-12,18,20-21H2,1H3,(H,34,39). The van der Waals surface area contributed by atoms with Gasteiger partial charge in [-0.15, -0.1) is 0 Å². The van der Waals surface area contributed by atoms with Gasteiger partial charge in [0.25, 0.3) is 5.69 Å². The Labute approximate surface area is 267 Å². The maximum atomic E-state index is 14.2. The zero-order valence-electron chi connectivity index (χ0n) is 24.2. The maximum Gasteiger partial charge on any atom is 0.271 e. The number of sulfonamides is 1. The number of rotatable bonds is 12. The first kappa shape index (κ1) is 33.2. The second kappa shape index (κ2) is 14.9. The quantitative estimate of drug-likeness (QED) is 0.194. The van der Waals surface area contributed by atoms with Crippen LogP contribution in [0.1, 0.15) is 43.2 Å². The van der Waals surface area contributed by atoms with Crippen molar-refractivity contribution in [2.24, 2.45) is 0 Å². The van der Waals surface area contributed by atoms with Crippen LogP contribution in [0.15, 0.2) is 72.8 Å². The third-order valence-corrected chi connectivity index (χ3v) is 9.45. The molecule has 10 nitrogen and oxygen atoms in total. The van der Waals surface area contributed by atoms with Gasteiger partial charge in [0.05, 0.1) is 26.9 Å². The zero-order chi connectivity index (χ0) is 31.9. The summed E-state index contributed by atoms with van der Waals surface area (Å²) < 4.78 is 26.7. The Kier molecular flexibility index (Phi) is 11.2. The highest BCUT2D eigenvalue weighted by atomic mass is 35.5. The molecule has 1 saturated carbocycles. The number of hydrogen-bond acceptors (Lipinski definition) is 6. The van der Waals surface area contributed by atoms with Gasteiger partial charge in [0, 0.05) is 31.1 Å². The predicted molar refractivity (Wildman–Crippen MR) is 171 cm³/mol. The van der Waals surface area contributed by atoms with E-state index in [0.717, 1.165) is 54.3 Å². The van der Waals surface area contributed by atoms with Crippen LogP contribution in [0.2, 0.25) is 10.0 Å². The van der Waals surface area contributed by atoms with Gasteiger partial charge in [-0.1, -0.05) is 84.9 Å². The number of carbonyl (C=O) groups is 2. The minimum Gasteiger partial charge on any atom is -0.352 e. The van der Waals surface area contributed by atoms with Gasteiger partial charge in [0.2, 0.25) is 21.8 Å². The number of nitro benzene ring substituents is 1. The molecule has 0 bridgehead atoms. The van der Waals surface area contributed by atoms with Crippen LogP contribution >= 0.6 is 23.2 Å². The number of carbonyl (C=O) groups excluding carboxylic acids is 2. The average molecular weight is 662 g/mol. The lowest BCUT2D eigenvalue weighted by Crippen LogP contribution is -2.55. The van der Waals surface area contributed by atoms with Gasteiger partial charge in [-0.3, -0.25) is 24.0 Å². The van der Waals surface area contributed by atoms with Crippen molar-refractivity contribution in [1.82, 2.24) is 10.2 Å². The molecule has 234 valence electrons. The van der Waals surface area contributed by atoms with Crippen LogP contribution < -0.4 is 9.62 Å². The summed E-state index contributed by atoms with van der Waals surface area (Å²) in [6.45, 7) is -0.763. The molecule has 1 aliphatic rings. The van der Waals surface area contributed by atoms with E-state index in [4.69, 9.17) is 23.2 Å². The molecular formula is C31H34Cl2N4O6S. The van der Waals surface area contributed by atoms with Crippen LogP contribution in [0.3, 0.4) is 0 Å². The molecular weight excluding hydrogens is 627 g/mol. The van der Waals surface area contributed by atoms with E-state index in [-0.39, 0.29) is 41.3 Å². The van der Waals surface area contributed by atoms with Crippen molar-refractivity contribution in [3.63, 3.8) is 0 Å². The van der Waals surface area contributed by atoms with Gasteiger partial charge >= 0.3 is 0 Å². The van der Waals surface area contributed by atoms with Gasteiger partial charge < -0.3 is 10.2 Å². The van der Waals surface area contributed by atoms with Gasteiger partial charge in [0.1, 0.15) is 12.6 Å². The van der Waals surface area contributed by atoms with Crippen molar-refractivity contribution in [2.45, 2.75) is 57.2 Å². The molecule has 0 heterocycles. The monoisotopic (exact) mass is 660 g/mol. The molecule has 1 N–H and O–H groups in total. The lowest BCUT2D eigenvalue weighted by Gasteiger charge is -2.35. The fraction of sp³-hybridized carbons (Fsp3) is 0.355. The first-order valence-corrected chi connectivity index (χ1v) is 16.8. The molecule has 3 aromatic carbocycles. The summed E-state index contributed by atoms with van der Waals surface area (Å²) in [7, 11) is -4.08. The number of amides is 2. The average Bonchev–Trinajstić information content (AvgIpc) is 2.99. The summed E-state index contributed by atoms with van der Waals surface area (Å²) in [5.41, 5.74) is 1.01. The molecule has 13 heteroatoms. The highest BCUT2D eigenvalue weighted by Gasteiger charge is 2.34. The number of hydrogen-bond donors (Lipinski definition) is 1. The number of nitro groups is 1. The molecule has 1 atom stereocenters. The van der Waals surface area contributed by atoms with E-state index in [1.807, 2.05) is 30.3 Å². The summed E-state index contributed by atoms with van der Waals surface area (Å²) in [5.74, 6) is -1.02. The van der Waals surface area contributed by atoms with Gasteiger partial charge in [-0.2, -0.15) is 0 Å². The molecule has 44 heavy (non-hydrogen) atoms. The van der Waals surface area contributed by atoms with Crippen molar-refractivity contribution in [3.8, 4) is 0 Å². The van der Waals surface area contributed by atoms with Crippen LogP contribution in [0, 0.1) is 10.1 Å². The van der Waals surface area contributed by atoms with E-state index < -0.39 is 33.4 Å². The van der Waals surface area contributed by atoms with Gasteiger partial charge in [-0.25, -0.2) is 8.42 Å². The topological polar surface area (TPSA) is 130 Å². The first-order chi connectivity index (χ1) is 20.9. The summed E-state index contributed by atoms with van der Waals surface area (Å²) in [6, 6.07) is 18.1. The molecule has 1 fully saturated rings.